The van der Waals surface area contributed by atoms with Crippen LogP contribution in [0.1, 0.15) is 107 Å². The molecule has 6 atom stereocenters. The molecule has 0 saturated heterocycles. The zero-order chi connectivity index (χ0) is 27.7. The Bertz CT molecular complexity index is 777. The Morgan fingerprint density at radius 2 is 1.75 bits per heavy atom. The largest absolute Gasteiger partial charge is 0.392 e. The summed E-state index contributed by atoms with van der Waals surface area (Å²) in [4.78, 5) is 0. The van der Waals surface area contributed by atoms with Crippen LogP contribution in [-0.4, -0.2) is 27.8 Å². The second-order valence-corrected chi connectivity index (χ2v) is 13.1. The molecule has 2 nitrogen and oxygen atoms in total. The van der Waals surface area contributed by atoms with Crippen LogP contribution in [0.2, 0.25) is 0 Å². The van der Waals surface area contributed by atoms with E-state index in [1.54, 1.807) is 6.08 Å². The predicted octanol–water partition coefficient (Wildman–Crippen LogP) is 9.32. The number of alkyl halides is 1. The molecule has 1 saturated carbocycles. The standard InChI is InChI=1S/C32H54ClFO2/c1-10-27(33)14-12-19-32(9)20-17-26(13-11-18-31(32,7)8)30(36)29(22(2)3)25(6)28(35)21-23(4)15-16-24(5)34/h12,15-16,19,22,26-30,35-36H,6,10-11,13-14,17-18,20-21H2,1-5,7-9H3/b19-12+,23-15+,24-16+/t26?,27?,28?,29-,30?,32-/m0/s1. The number of aliphatic hydroxyl groups excluding tert-OH is 2. The minimum Gasteiger partial charge on any atom is -0.392 e. The molecule has 0 aliphatic heterocycles. The molecule has 1 aliphatic rings. The molecule has 4 unspecified atom stereocenters. The molecular formula is C32H54ClFO2. The van der Waals surface area contributed by atoms with Gasteiger partial charge in [-0.05, 0) is 93.1 Å². The SMILES string of the molecule is C=C(C(O)C/C(C)=C/C=C(\C)F)[C@H](C(C)C)C(O)C1CCCC(C)(C)[C@@](C)(/C=C/CC(Cl)CC)CC1. The lowest BCUT2D eigenvalue weighted by Crippen LogP contribution is -2.40. The fraction of sp³-hybridized carbons (Fsp3) is 0.750. The first-order valence-electron chi connectivity index (χ1n) is 14.0. The van der Waals surface area contributed by atoms with Gasteiger partial charge >= 0.3 is 0 Å². The van der Waals surface area contributed by atoms with E-state index >= 15 is 0 Å². The van der Waals surface area contributed by atoms with Crippen molar-refractivity contribution in [1.82, 2.24) is 0 Å². The highest BCUT2D eigenvalue weighted by molar-refractivity contribution is 6.20. The maximum Gasteiger partial charge on any atom is 0.0968 e. The summed E-state index contributed by atoms with van der Waals surface area (Å²) in [6, 6.07) is 0. The summed E-state index contributed by atoms with van der Waals surface area (Å²) in [5, 5.41) is 22.8. The molecule has 0 aromatic heterocycles. The van der Waals surface area contributed by atoms with Crippen molar-refractivity contribution in [2.45, 2.75) is 124 Å². The molecule has 36 heavy (non-hydrogen) atoms. The highest BCUT2D eigenvalue weighted by Gasteiger charge is 2.42. The number of allylic oxidation sites excluding steroid dienone is 5. The van der Waals surface area contributed by atoms with Crippen LogP contribution in [0, 0.1) is 28.6 Å². The lowest BCUT2D eigenvalue weighted by atomic mass is 9.59. The molecule has 208 valence electrons. The van der Waals surface area contributed by atoms with Crippen molar-refractivity contribution in [3.05, 3.63) is 47.9 Å². The third kappa shape index (κ3) is 9.76. The van der Waals surface area contributed by atoms with Gasteiger partial charge in [-0.3, -0.25) is 0 Å². The fourth-order valence-corrected chi connectivity index (χ4v) is 5.77. The van der Waals surface area contributed by atoms with E-state index in [-0.39, 0.29) is 39.8 Å². The Kier molecular flexibility index (Phi) is 13.7. The average molecular weight is 525 g/mol. The summed E-state index contributed by atoms with van der Waals surface area (Å²) < 4.78 is 13.1. The van der Waals surface area contributed by atoms with E-state index < -0.39 is 12.2 Å². The average Bonchev–Trinajstić information content (AvgIpc) is 2.78. The van der Waals surface area contributed by atoms with Crippen LogP contribution in [-0.2, 0) is 0 Å². The zero-order valence-corrected chi connectivity index (χ0v) is 25.0. The van der Waals surface area contributed by atoms with Crippen LogP contribution in [0.4, 0.5) is 4.39 Å². The summed E-state index contributed by atoms with van der Waals surface area (Å²) in [6.07, 6.45) is 13.8. The molecule has 0 amide bonds. The number of rotatable bonds is 12. The van der Waals surface area contributed by atoms with E-state index in [0.717, 1.165) is 50.5 Å². The van der Waals surface area contributed by atoms with Crippen molar-refractivity contribution in [2.24, 2.45) is 28.6 Å². The van der Waals surface area contributed by atoms with Gasteiger partial charge in [0.05, 0.1) is 18.0 Å². The summed E-state index contributed by atoms with van der Waals surface area (Å²) in [6.45, 7) is 21.0. The van der Waals surface area contributed by atoms with Gasteiger partial charge < -0.3 is 10.2 Å². The van der Waals surface area contributed by atoms with Crippen molar-refractivity contribution < 1.29 is 14.6 Å². The third-order valence-electron chi connectivity index (χ3n) is 8.82. The van der Waals surface area contributed by atoms with Crippen LogP contribution in [0.25, 0.3) is 0 Å². The first kappa shape index (κ1) is 33.1. The van der Waals surface area contributed by atoms with E-state index in [9.17, 15) is 14.6 Å². The van der Waals surface area contributed by atoms with Gasteiger partial charge in [0.1, 0.15) is 0 Å². The van der Waals surface area contributed by atoms with Crippen molar-refractivity contribution in [3.8, 4) is 0 Å². The Hall–Kier alpha value is -0.900. The maximum atomic E-state index is 13.1. The Labute approximate surface area is 226 Å². The van der Waals surface area contributed by atoms with E-state index in [2.05, 4.69) is 60.3 Å². The third-order valence-corrected chi connectivity index (χ3v) is 9.30. The lowest BCUT2D eigenvalue weighted by molar-refractivity contribution is 0.00379. The molecule has 0 radical (unpaired) electrons. The maximum absolute atomic E-state index is 13.1. The fourth-order valence-electron chi connectivity index (χ4n) is 5.67. The highest BCUT2D eigenvalue weighted by atomic mass is 35.5. The second kappa shape index (κ2) is 14.9. The molecule has 0 aromatic rings. The van der Waals surface area contributed by atoms with Crippen molar-refractivity contribution in [1.29, 1.82) is 0 Å². The Balaban J connectivity index is 3.04. The van der Waals surface area contributed by atoms with Gasteiger partial charge in [-0.1, -0.05) is 78.3 Å². The van der Waals surface area contributed by atoms with Gasteiger partial charge in [0, 0.05) is 11.3 Å². The van der Waals surface area contributed by atoms with Crippen LogP contribution < -0.4 is 0 Å². The summed E-state index contributed by atoms with van der Waals surface area (Å²) in [5.74, 6) is -0.134. The van der Waals surface area contributed by atoms with Gasteiger partial charge in [0.2, 0.25) is 0 Å². The van der Waals surface area contributed by atoms with E-state index in [0.29, 0.717) is 12.0 Å². The van der Waals surface area contributed by atoms with Crippen LogP contribution in [0.3, 0.4) is 0 Å². The topological polar surface area (TPSA) is 40.5 Å². The highest BCUT2D eigenvalue weighted by Crippen LogP contribution is 2.51. The van der Waals surface area contributed by atoms with E-state index in [1.165, 1.54) is 13.0 Å². The monoisotopic (exact) mass is 524 g/mol. The van der Waals surface area contributed by atoms with Gasteiger partial charge in [-0.2, -0.15) is 0 Å². The lowest BCUT2D eigenvalue weighted by Gasteiger charge is -2.47. The first-order chi connectivity index (χ1) is 16.6. The Morgan fingerprint density at radius 1 is 1.11 bits per heavy atom. The minimum atomic E-state index is -0.764. The molecular weight excluding hydrogens is 471 g/mol. The normalized spacial score (nSPS) is 27.4. The number of hydrogen-bond acceptors (Lipinski definition) is 2. The van der Waals surface area contributed by atoms with E-state index in [1.807, 2.05) is 6.92 Å². The molecule has 0 aromatic carbocycles. The van der Waals surface area contributed by atoms with Crippen LogP contribution >= 0.6 is 11.6 Å². The van der Waals surface area contributed by atoms with Crippen molar-refractivity contribution in [2.75, 3.05) is 0 Å². The number of aliphatic hydroxyl groups is 2. The molecule has 0 spiro atoms. The summed E-state index contributed by atoms with van der Waals surface area (Å²) in [5.41, 5.74) is 1.77. The van der Waals surface area contributed by atoms with Crippen molar-refractivity contribution >= 4 is 11.6 Å². The predicted molar refractivity (Wildman–Crippen MR) is 155 cm³/mol. The summed E-state index contributed by atoms with van der Waals surface area (Å²) >= 11 is 6.37. The molecule has 1 aliphatic carbocycles. The molecule has 1 rings (SSSR count). The van der Waals surface area contributed by atoms with Gasteiger partial charge in [-0.15, -0.1) is 11.6 Å². The molecule has 4 heteroatoms. The smallest absolute Gasteiger partial charge is 0.0968 e. The van der Waals surface area contributed by atoms with Crippen LogP contribution in [0.5, 0.6) is 0 Å². The van der Waals surface area contributed by atoms with Crippen LogP contribution in [0.15, 0.2) is 47.9 Å². The quantitative estimate of drug-likeness (QED) is 0.152. The molecule has 0 heterocycles. The first-order valence-corrected chi connectivity index (χ1v) is 14.4. The summed E-state index contributed by atoms with van der Waals surface area (Å²) in [7, 11) is 0. The minimum absolute atomic E-state index is 0.0313. The van der Waals surface area contributed by atoms with E-state index in [4.69, 9.17) is 11.6 Å². The number of halogens is 2. The van der Waals surface area contributed by atoms with Gasteiger partial charge in [0.15, 0.2) is 0 Å². The van der Waals surface area contributed by atoms with Gasteiger partial charge in [-0.25, -0.2) is 4.39 Å². The second-order valence-electron chi connectivity index (χ2n) is 12.5. The molecule has 1 fully saturated rings. The molecule has 2 N–H and O–H groups in total. The van der Waals surface area contributed by atoms with Crippen molar-refractivity contribution in [3.63, 3.8) is 0 Å². The van der Waals surface area contributed by atoms with Gasteiger partial charge in [0.25, 0.3) is 0 Å². The Morgan fingerprint density at radius 3 is 2.31 bits per heavy atom. The number of hydrogen-bond donors (Lipinski definition) is 2. The molecule has 0 bridgehead atoms. The zero-order valence-electron chi connectivity index (χ0n) is 24.3.